The van der Waals surface area contributed by atoms with Crippen LogP contribution in [0, 0.1) is 28.1 Å². The molecule has 4 atom stereocenters. The third-order valence-electron chi connectivity index (χ3n) is 8.21. The van der Waals surface area contributed by atoms with Gasteiger partial charge in [-0.15, -0.1) is 6.58 Å². The first-order valence-corrected chi connectivity index (χ1v) is 13.8. The third-order valence-corrected chi connectivity index (χ3v) is 9.99. The standard InChI is InChI=1S/C29H37N3O2S/c1-7-27(4,20-28(5)21-35(33,34)32-29(28,6)8-2)22(3)12-11-14-25-17-16-24(19-31-25)26-15-10-9-13-23(26)18-30/h7,9-11,13-17,19,22,32H,1,8,12,20-21H2,2-6H3/b14-11+/t22-,27+,28-,29-/m0/s1. The number of nitrogens with one attached hydrogen (secondary N) is 1. The van der Waals surface area contributed by atoms with Crippen LogP contribution in [0.2, 0.25) is 0 Å². The van der Waals surface area contributed by atoms with Crippen LogP contribution in [0.15, 0.2) is 61.3 Å². The lowest BCUT2D eigenvalue weighted by Gasteiger charge is -2.46. The number of hydrogen-bond acceptors (Lipinski definition) is 4. The van der Waals surface area contributed by atoms with Crippen LogP contribution >= 0.6 is 0 Å². The van der Waals surface area contributed by atoms with Crippen LogP contribution < -0.4 is 4.72 Å². The number of nitriles is 1. The van der Waals surface area contributed by atoms with Crippen LogP contribution in [-0.4, -0.2) is 24.7 Å². The second-order valence-corrected chi connectivity index (χ2v) is 12.4. The number of pyridine rings is 1. The van der Waals surface area contributed by atoms with Crippen molar-refractivity contribution >= 4 is 16.1 Å². The van der Waals surface area contributed by atoms with Gasteiger partial charge in [-0.2, -0.15) is 5.26 Å². The predicted octanol–water partition coefficient (Wildman–Crippen LogP) is 6.35. The van der Waals surface area contributed by atoms with Crippen LogP contribution in [-0.2, 0) is 10.0 Å². The Morgan fingerprint density at radius 3 is 2.60 bits per heavy atom. The summed E-state index contributed by atoms with van der Waals surface area (Å²) in [5.74, 6) is 0.404. The van der Waals surface area contributed by atoms with E-state index >= 15 is 0 Å². The molecule has 1 N–H and O–H groups in total. The van der Waals surface area contributed by atoms with E-state index in [1.54, 1.807) is 6.20 Å². The average molecular weight is 492 g/mol. The number of hydrogen-bond donors (Lipinski definition) is 1. The zero-order chi connectivity index (χ0) is 25.9. The Kier molecular flexibility index (Phi) is 7.74. The Morgan fingerprint density at radius 2 is 2.00 bits per heavy atom. The first-order chi connectivity index (χ1) is 16.4. The van der Waals surface area contributed by atoms with E-state index in [2.05, 4.69) is 49.2 Å². The molecule has 1 aromatic heterocycles. The third kappa shape index (κ3) is 5.58. The van der Waals surface area contributed by atoms with Gasteiger partial charge in [-0.25, -0.2) is 13.1 Å². The van der Waals surface area contributed by atoms with E-state index in [1.165, 1.54) is 0 Å². The van der Waals surface area contributed by atoms with E-state index in [4.69, 9.17) is 0 Å². The maximum Gasteiger partial charge on any atom is 0.212 e. The molecule has 1 saturated heterocycles. The minimum absolute atomic E-state index is 0.140. The largest absolute Gasteiger partial charge is 0.256 e. The molecular formula is C29H37N3O2S. The molecule has 0 bridgehead atoms. The molecule has 1 aliphatic heterocycles. The summed E-state index contributed by atoms with van der Waals surface area (Å²) in [6, 6.07) is 13.7. The highest BCUT2D eigenvalue weighted by Crippen LogP contribution is 2.51. The first-order valence-electron chi connectivity index (χ1n) is 12.2. The van der Waals surface area contributed by atoms with Gasteiger partial charge < -0.3 is 0 Å². The summed E-state index contributed by atoms with van der Waals surface area (Å²) in [4.78, 5) is 4.56. The smallest absolute Gasteiger partial charge is 0.212 e. The molecular weight excluding hydrogens is 454 g/mol. The quantitative estimate of drug-likeness (QED) is 0.414. The van der Waals surface area contributed by atoms with Gasteiger partial charge in [0.25, 0.3) is 0 Å². The molecule has 0 saturated carbocycles. The van der Waals surface area contributed by atoms with Crippen molar-refractivity contribution in [2.45, 2.75) is 59.4 Å². The zero-order valence-corrected chi connectivity index (χ0v) is 22.3. The molecule has 1 fully saturated rings. The zero-order valence-electron chi connectivity index (χ0n) is 21.5. The molecule has 2 heterocycles. The number of benzene rings is 1. The molecule has 3 rings (SSSR count). The second kappa shape index (κ2) is 10.1. The summed E-state index contributed by atoms with van der Waals surface area (Å²) in [5, 5.41) is 9.34. The van der Waals surface area contributed by atoms with Gasteiger partial charge in [-0.1, -0.05) is 64.1 Å². The van der Waals surface area contributed by atoms with Gasteiger partial charge in [0, 0.05) is 28.3 Å². The Hall–Kier alpha value is -2.75. The second-order valence-electron chi connectivity index (χ2n) is 10.7. The van der Waals surface area contributed by atoms with Crippen molar-refractivity contribution in [3.63, 3.8) is 0 Å². The minimum Gasteiger partial charge on any atom is -0.256 e. The molecule has 186 valence electrons. The van der Waals surface area contributed by atoms with E-state index in [9.17, 15) is 13.7 Å². The number of nitrogens with zero attached hydrogens (tertiary/aromatic N) is 2. The summed E-state index contributed by atoms with van der Waals surface area (Å²) < 4.78 is 27.9. The first kappa shape index (κ1) is 26.8. The fraction of sp³-hybridized carbons (Fsp3) is 0.448. The highest BCUT2D eigenvalue weighted by atomic mass is 32.2. The van der Waals surface area contributed by atoms with Gasteiger partial charge in [0.1, 0.15) is 0 Å². The molecule has 5 nitrogen and oxygen atoms in total. The SMILES string of the molecule is C=C[C@](C)(C[C@@]1(C)CS(=O)(=O)N[C@@]1(C)CC)[C@@H](C)C/C=C/c1ccc(-c2ccccc2C#N)cn1. The molecule has 0 radical (unpaired) electrons. The Balaban J connectivity index is 1.71. The Labute approximate surface area is 211 Å². The monoisotopic (exact) mass is 491 g/mol. The number of allylic oxidation sites excluding steroid dienone is 2. The van der Waals surface area contributed by atoms with Crippen molar-refractivity contribution in [3.8, 4) is 17.2 Å². The van der Waals surface area contributed by atoms with Gasteiger partial charge in [0.2, 0.25) is 10.0 Å². The Morgan fingerprint density at radius 1 is 1.29 bits per heavy atom. The van der Waals surface area contributed by atoms with Gasteiger partial charge in [-0.05, 0) is 55.7 Å². The van der Waals surface area contributed by atoms with E-state index in [1.807, 2.05) is 62.4 Å². The van der Waals surface area contributed by atoms with E-state index in [0.717, 1.165) is 36.1 Å². The minimum atomic E-state index is -3.29. The van der Waals surface area contributed by atoms with Crippen molar-refractivity contribution in [2.75, 3.05) is 5.75 Å². The predicted molar refractivity (Wildman–Crippen MR) is 144 cm³/mol. The molecule has 1 aromatic carbocycles. The molecule has 0 amide bonds. The highest BCUT2D eigenvalue weighted by Gasteiger charge is 2.56. The van der Waals surface area contributed by atoms with Crippen molar-refractivity contribution in [1.29, 1.82) is 5.26 Å². The number of rotatable bonds is 9. The Bertz CT molecular complexity index is 1250. The lowest BCUT2D eigenvalue weighted by atomic mass is 9.60. The maximum atomic E-state index is 12.5. The van der Waals surface area contributed by atoms with Gasteiger partial charge in [-0.3, -0.25) is 4.98 Å². The van der Waals surface area contributed by atoms with Crippen LogP contribution in [0.25, 0.3) is 17.2 Å². The fourth-order valence-electron chi connectivity index (χ4n) is 5.27. The highest BCUT2D eigenvalue weighted by molar-refractivity contribution is 7.89. The summed E-state index contributed by atoms with van der Waals surface area (Å²) in [6.07, 6.45) is 10.2. The van der Waals surface area contributed by atoms with Crippen LogP contribution in [0.3, 0.4) is 0 Å². The van der Waals surface area contributed by atoms with Gasteiger partial charge in [0.05, 0.1) is 23.1 Å². The van der Waals surface area contributed by atoms with Crippen molar-refractivity contribution in [3.05, 3.63) is 72.6 Å². The lowest BCUT2D eigenvalue weighted by Crippen LogP contribution is -2.50. The summed E-state index contributed by atoms with van der Waals surface area (Å²) >= 11 is 0. The molecule has 0 spiro atoms. The number of aromatic nitrogens is 1. The molecule has 0 aliphatic carbocycles. The van der Waals surface area contributed by atoms with Crippen LogP contribution in [0.4, 0.5) is 0 Å². The van der Waals surface area contributed by atoms with Crippen LogP contribution in [0.5, 0.6) is 0 Å². The van der Waals surface area contributed by atoms with Crippen molar-refractivity contribution in [1.82, 2.24) is 9.71 Å². The number of sulfonamides is 1. The van der Waals surface area contributed by atoms with E-state index in [0.29, 0.717) is 5.56 Å². The van der Waals surface area contributed by atoms with Gasteiger partial charge in [0.15, 0.2) is 0 Å². The molecule has 6 heteroatoms. The van der Waals surface area contributed by atoms with E-state index in [-0.39, 0.29) is 17.1 Å². The van der Waals surface area contributed by atoms with Crippen LogP contribution in [0.1, 0.15) is 65.1 Å². The van der Waals surface area contributed by atoms with Crippen molar-refractivity contribution in [2.24, 2.45) is 16.7 Å². The summed E-state index contributed by atoms with van der Waals surface area (Å²) in [5.41, 5.74) is 2.19. The molecule has 35 heavy (non-hydrogen) atoms. The fourth-order valence-corrected chi connectivity index (χ4v) is 7.68. The van der Waals surface area contributed by atoms with Crippen molar-refractivity contribution < 1.29 is 8.42 Å². The molecule has 1 aliphatic rings. The topological polar surface area (TPSA) is 82.9 Å². The lowest BCUT2D eigenvalue weighted by molar-refractivity contribution is 0.0931. The normalized spacial score (nSPS) is 26.2. The molecule has 0 unspecified atom stereocenters. The molecule has 2 aromatic rings. The van der Waals surface area contributed by atoms with Gasteiger partial charge >= 0.3 is 0 Å². The average Bonchev–Trinajstić information content (AvgIpc) is 3.02. The summed E-state index contributed by atoms with van der Waals surface area (Å²) in [6.45, 7) is 14.7. The maximum absolute atomic E-state index is 12.5. The summed E-state index contributed by atoms with van der Waals surface area (Å²) in [7, 11) is -3.29. The van der Waals surface area contributed by atoms with E-state index < -0.39 is 21.0 Å².